The molecule has 1 fully saturated rings. The molecule has 31 heavy (non-hydrogen) atoms. The van der Waals surface area contributed by atoms with Gasteiger partial charge < -0.3 is 25.6 Å². The molecule has 0 bridgehead atoms. The van der Waals surface area contributed by atoms with Crippen LogP contribution in [-0.2, 0) is 4.79 Å². The number of hydrogen-bond acceptors (Lipinski definition) is 6. The minimum Gasteiger partial charge on any atom is -0.477 e. The molecule has 2 aliphatic rings. The molecule has 0 radical (unpaired) electrons. The summed E-state index contributed by atoms with van der Waals surface area (Å²) in [5, 5.41) is 12.0. The molecular formula is C20H22F2N4O4S. The molecule has 2 atom stereocenters. The Kier molecular flexibility index (Phi) is 5.32. The number of rotatable bonds is 3. The van der Waals surface area contributed by atoms with Crippen LogP contribution in [0.5, 0.6) is 0 Å². The second-order valence-corrected chi connectivity index (χ2v) is 8.94. The lowest BCUT2D eigenvalue weighted by Gasteiger charge is -2.33. The monoisotopic (exact) mass is 452 g/mol. The summed E-state index contributed by atoms with van der Waals surface area (Å²) >= 11 is 1.14. The van der Waals surface area contributed by atoms with Gasteiger partial charge >= 0.3 is 5.97 Å². The van der Waals surface area contributed by atoms with Crippen LogP contribution in [0.2, 0.25) is 0 Å². The number of nitrogens with two attached hydrogens (primary N) is 1. The Bertz CT molecular complexity index is 1180. The van der Waals surface area contributed by atoms with E-state index in [0.29, 0.717) is 25.1 Å². The Balaban J connectivity index is 1.93. The number of nitrogens with zero attached hydrogens (tertiary/aromatic N) is 2. The molecule has 11 heteroatoms. The quantitative estimate of drug-likeness (QED) is 0.613. The van der Waals surface area contributed by atoms with Crippen molar-refractivity contribution in [2.24, 2.45) is 0 Å². The molecule has 1 aromatic heterocycles. The molecular weight excluding hydrogens is 430 g/mol. The summed E-state index contributed by atoms with van der Waals surface area (Å²) in [5.41, 5.74) is 3.12. The maximum atomic E-state index is 15.7. The summed E-state index contributed by atoms with van der Waals surface area (Å²) in [6.07, 6.45) is 1.27. The molecule has 0 saturated carbocycles. The van der Waals surface area contributed by atoms with Gasteiger partial charge in [-0.25, -0.2) is 13.6 Å². The second kappa shape index (κ2) is 7.70. The second-order valence-electron chi connectivity index (χ2n) is 7.93. The van der Waals surface area contributed by atoms with E-state index in [-0.39, 0.29) is 29.0 Å². The van der Waals surface area contributed by atoms with Gasteiger partial charge in [-0.1, -0.05) is 0 Å². The van der Waals surface area contributed by atoms with Gasteiger partial charge in [0.2, 0.25) is 11.3 Å². The average molecular weight is 452 g/mol. The molecule has 0 aliphatic carbocycles. The number of piperidine rings is 1. The van der Waals surface area contributed by atoms with Crippen molar-refractivity contribution in [2.45, 2.75) is 43.8 Å². The summed E-state index contributed by atoms with van der Waals surface area (Å²) < 4.78 is 32.3. The van der Waals surface area contributed by atoms with E-state index in [4.69, 9.17) is 5.73 Å². The number of nitrogen functional groups attached to an aromatic ring is 1. The van der Waals surface area contributed by atoms with Gasteiger partial charge in [0.25, 0.3) is 0 Å². The number of nitrogens with one attached hydrogen (secondary N) is 1. The number of anilines is 2. The molecule has 4 rings (SSSR count). The Hall–Kier alpha value is -2.82. The number of likely N-dealkylation sites (tertiary alicyclic amines) is 1. The number of aromatic nitrogens is 1. The van der Waals surface area contributed by atoms with Crippen LogP contribution >= 0.6 is 11.8 Å². The molecule has 2 aromatic rings. The fourth-order valence-electron chi connectivity index (χ4n) is 4.33. The van der Waals surface area contributed by atoms with Gasteiger partial charge in [-0.15, -0.1) is 11.8 Å². The van der Waals surface area contributed by atoms with Gasteiger partial charge in [0.1, 0.15) is 11.3 Å². The third-order valence-electron chi connectivity index (χ3n) is 5.85. The normalized spacial score (nSPS) is 20.7. The van der Waals surface area contributed by atoms with E-state index in [9.17, 15) is 19.5 Å². The van der Waals surface area contributed by atoms with Crippen molar-refractivity contribution in [3.8, 4) is 0 Å². The predicted octanol–water partition coefficient (Wildman–Crippen LogP) is 2.65. The van der Waals surface area contributed by atoms with Crippen LogP contribution in [0.15, 0.2) is 9.82 Å². The molecule has 0 spiro atoms. The van der Waals surface area contributed by atoms with Crippen LogP contribution in [0.4, 0.5) is 20.2 Å². The Morgan fingerprint density at radius 2 is 2.00 bits per heavy atom. The van der Waals surface area contributed by atoms with Gasteiger partial charge in [-0.05, 0) is 19.8 Å². The number of carbonyl (C=O) groups is 2. The van der Waals surface area contributed by atoms with Crippen molar-refractivity contribution in [3.05, 3.63) is 27.4 Å². The highest BCUT2D eigenvalue weighted by Gasteiger charge is 2.34. The van der Waals surface area contributed by atoms with Crippen LogP contribution in [0.25, 0.3) is 10.9 Å². The number of thioether (sulfide) groups is 1. The maximum Gasteiger partial charge on any atom is 0.342 e. The van der Waals surface area contributed by atoms with Gasteiger partial charge in [0.15, 0.2) is 11.6 Å². The summed E-state index contributed by atoms with van der Waals surface area (Å²) in [4.78, 5) is 37.9. The van der Waals surface area contributed by atoms with Crippen molar-refractivity contribution in [2.75, 3.05) is 29.9 Å². The average Bonchev–Trinajstić information content (AvgIpc) is 3.09. The Morgan fingerprint density at radius 1 is 1.29 bits per heavy atom. The lowest BCUT2D eigenvalue weighted by Crippen LogP contribution is -2.44. The molecule has 3 heterocycles. The Labute approximate surface area is 180 Å². The highest BCUT2D eigenvalue weighted by molar-refractivity contribution is 7.99. The third kappa shape index (κ3) is 3.31. The van der Waals surface area contributed by atoms with Gasteiger partial charge in [0, 0.05) is 37.8 Å². The summed E-state index contributed by atoms with van der Waals surface area (Å²) in [6, 6.07) is -0.718. The largest absolute Gasteiger partial charge is 0.477 e. The topological polar surface area (TPSA) is 118 Å². The van der Waals surface area contributed by atoms with Crippen molar-refractivity contribution < 1.29 is 23.5 Å². The van der Waals surface area contributed by atoms with Gasteiger partial charge in [0.05, 0.1) is 21.6 Å². The fraction of sp³-hybridized carbons (Fsp3) is 0.450. The highest BCUT2D eigenvalue weighted by Crippen LogP contribution is 2.42. The zero-order valence-corrected chi connectivity index (χ0v) is 17.8. The molecule has 0 unspecified atom stereocenters. The van der Waals surface area contributed by atoms with Gasteiger partial charge in [-0.2, -0.15) is 0 Å². The van der Waals surface area contributed by atoms with Crippen LogP contribution in [0, 0.1) is 11.6 Å². The van der Waals surface area contributed by atoms with Crippen LogP contribution < -0.4 is 16.5 Å². The number of halogens is 2. The molecule has 1 amide bonds. The standard InChI is InChI=1S/C20H22F2N4O4S/c1-8-7-31-19-12(20(29)30)18(28)11-15(23)13(21)16(14(22)17(11)26(8)19)24-10-4-3-5-25(6-10)9(2)27/h8,10,24H,3-7,23H2,1-2H3,(H,29,30)/t8-,10-/m1/s1. The lowest BCUT2D eigenvalue weighted by atomic mass is 10.0. The fourth-order valence-corrected chi connectivity index (χ4v) is 5.62. The molecule has 1 saturated heterocycles. The highest BCUT2D eigenvalue weighted by atomic mass is 32.2. The smallest absolute Gasteiger partial charge is 0.342 e. The molecule has 166 valence electrons. The number of fused-ring (bicyclic) bond motifs is 3. The number of aromatic carboxylic acids is 1. The van der Waals surface area contributed by atoms with Crippen LogP contribution in [0.1, 0.15) is 43.1 Å². The summed E-state index contributed by atoms with van der Waals surface area (Å²) in [7, 11) is 0. The predicted molar refractivity (Wildman–Crippen MR) is 114 cm³/mol. The molecule has 1 aromatic carbocycles. The van der Waals surface area contributed by atoms with E-state index in [2.05, 4.69) is 5.32 Å². The molecule has 4 N–H and O–H groups in total. The number of amides is 1. The first kappa shape index (κ1) is 21.4. The molecule has 8 nitrogen and oxygen atoms in total. The number of carboxylic acid groups (broad SMARTS) is 1. The SMILES string of the molecule is CC(=O)N1CCC[C@@H](Nc2c(F)c(N)c3c(=O)c(C(=O)O)c4n(c3c2F)[C@H](C)CS4)C1. The lowest BCUT2D eigenvalue weighted by molar-refractivity contribution is -0.129. The minimum absolute atomic E-state index is 0.123. The first-order valence-corrected chi connectivity index (χ1v) is 10.9. The van der Waals surface area contributed by atoms with Crippen LogP contribution in [0.3, 0.4) is 0 Å². The Morgan fingerprint density at radius 3 is 2.65 bits per heavy atom. The zero-order chi connectivity index (χ0) is 22.6. The third-order valence-corrected chi connectivity index (χ3v) is 7.17. The van der Waals surface area contributed by atoms with Crippen molar-refractivity contribution >= 4 is 45.9 Å². The van der Waals surface area contributed by atoms with Crippen molar-refractivity contribution in [3.63, 3.8) is 0 Å². The van der Waals surface area contributed by atoms with Crippen molar-refractivity contribution in [1.29, 1.82) is 0 Å². The number of carbonyl (C=O) groups excluding carboxylic acids is 1. The van der Waals surface area contributed by atoms with E-state index < -0.39 is 51.4 Å². The maximum absolute atomic E-state index is 15.7. The number of benzene rings is 1. The first-order valence-electron chi connectivity index (χ1n) is 9.90. The number of pyridine rings is 1. The van der Waals surface area contributed by atoms with E-state index >= 15 is 8.78 Å². The van der Waals surface area contributed by atoms with Gasteiger partial charge in [-0.3, -0.25) is 9.59 Å². The first-order chi connectivity index (χ1) is 14.6. The van der Waals surface area contributed by atoms with Crippen molar-refractivity contribution in [1.82, 2.24) is 9.47 Å². The summed E-state index contributed by atoms with van der Waals surface area (Å²) in [5.74, 6) is -3.29. The number of hydrogen-bond donors (Lipinski definition) is 3. The molecule has 2 aliphatic heterocycles. The zero-order valence-electron chi connectivity index (χ0n) is 17.0. The van der Waals surface area contributed by atoms with E-state index in [0.717, 1.165) is 11.8 Å². The van der Waals surface area contributed by atoms with E-state index in [1.54, 1.807) is 11.8 Å². The van der Waals surface area contributed by atoms with Crippen LogP contribution in [-0.4, -0.2) is 51.3 Å². The van der Waals surface area contributed by atoms with E-state index in [1.165, 1.54) is 11.5 Å². The minimum atomic E-state index is -1.47. The summed E-state index contributed by atoms with van der Waals surface area (Å²) in [6.45, 7) is 4.06. The van der Waals surface area contributed by atoms with E-state index in [1.807, 2.05) is 0 Å². The number of carboxylic acids is 1.